The summed E-state index contributed by atoms with van der Waals surface area (Å²) < 4.78 is 16.7. The largest absolute Gasteiger partial charge is 0.462 e. The highest BCUT2D eigenvalue weighted by Gasteiger charge is 2.19. The van der Waals surface area contributed by atoms with E-state index < -0.39 is 6.10 Å². The van der Waals surface area contributed by atoms with E-state index in [1.807, 2.05) is 103 Å². The predicted molar refractivity (Wildman–Crippen MR) is 279 cm³/mol. The summed E-state index contributed by atoms with van der Waals surface area (Å²) in [6.07, 6.45) is 72.0. The minimum absolute atomic E-state index is 0.120. The lowest BCUT2D eigenvalue weighted by Crippen LogP contribution is -2.30. The van der Waals surface area contributed by atoms with Crippen molar-refractivity contribution in [1.82, 2.24) is 0 Å². The molecule has 6 heteroatoms. The van der Waals surface area contributed by atoms with E-state index in [-0.39, 0.29) is 44.0 Å². The fourth-order valence-electron chi connectivity index (χ4n) is 6.85. The van der Waals surface area contributed by atoms with Crippen LogP contribution in [0.3, 0.4) is 0 Å². The Morgan fingerprint density at radius 2 is 0.615 bits per heavy atom. The third-order valence-electron chi connectivity index (χ3n) is 10.7. The third-order valence-corrected chi connectivity index (χ3v) is 10.7. The fraction of sp³-hybridized carbons (Fsp3) is 0.610. The van der Waals surface area contributed by atoms with Crippen LogP contribution in [0.2, 0.25) is 0 Å². The quantitative estimate of drug-likeness (QED) is 0.0262. The zero-order chi connectivity index (χ0) is 47.2. The molecule has 0 aliphatic heterocycles. The van der Waals surface area contributed by atoms with Crippen LogP contribution in [-0.4, -0.2) is 37.2 Å². The monoisotopic (exact) mass is 899 g/mol. The van der Waals surface area contributed by atoms with Gasteiger partial charge in [0, 0.05) is 19.3 Å². The highest BCUT2D eigenvalue weighted by Crippen LogP contribution is 2.15. The van der Waals surface area contributed by atoms with Gasteiger partial charge < -0.3 is 14.2 Å². The molecule has 0 aromatic carbocycles. The molecule has 0 heterocycles. The molecule has 65 heavy (non-hydrogen) atoms. The van der Waals surface area contributed by atoms with E-state index in [2.05, 4.69) is 39.0 Å². The van der Waals surface area contributed by atoms with Gasteiger partial charge in [-0.25, -0.2) is 0 Å². The molecule has 0 N–H and O–H groups in total. The summed E-state index contributed by atoms with van der Waals surface area (Å²) in [5.74, 6) is -1.04. The number of carbonyl (C=O) groups is 3. The second-order valence-electron chi connectivity index (χ2n) is 16.9. The summed E-state index contributed by atoms with van der Waals surface area (Å²) in [6.45, 7) is 6.24. The van der Waals surface area contributed by atoms with Crippen molar-refractivity contribution in [3.63, 3.8) is 0 Å². The van der Waals surface area contributed by atoms with E-state index >= 15 is 0 Å². The number of hydrogen-bond acceptors (Lipinski definition) is 6. The Hall–Kier alpha value is -4.19. The molecular formula is C59H94O6. The Morgan fingerprint density at radius 1 is 0.323 bits per heavy atom. The van der Waals surface area contributed by atoms with Crippen molar-refractivity contribution in [3.05, 3.63) is 122 Å². The van der Waals surface area contributed by atoms with Crippen LogP contribution >= 0.6 is 0 Å². The summed E-state index contributed by atoms with van der Waals surface area (Å²) in [6, 6.07) is 0. The number of rotatable bonds is 45. The van der Waals surface area contributed by atoms with Gasteiger partial charge in [0.25, 0.3) is 0 Å². The molecule has 366 valence electrons. The van der Waals surface area contributed by atoms with Gasteiger partial charge in [-0.3, -0.25) is 14.4 Å². The standard InChI is InChI=1S/C59H94O6/c1-4-7-10-13-16-19-22-25-27-28-29-30-32-34-37-40-43-46-49-52-58(61)64-55-56(54-63-57(60)51-48-45-42-39-36-33-24-21-18-15-12-9-6-3)65-59(62)53-50-47-44-41-38-35-31-26-23-20-17-14-11-8-5-2/h8-9,11-12,14-15,17-18,20-21,23-24,26,31,33,35-36,38-39,42,56H,4-7,10,13,16,19,22,25,27-30,32,34,37,40-41,43-55H2,1-3H3/b11-8-,12-9-,17-14-,18-15-,23-20-,24-21-,31-26-,36-33-,38-35-,42-39-. The molecule has 0 aliphatic carbocycles. The fourth-order valence-corrected chi connectivity index (χ4v) is 6.85. The van der Waals surface area contributed by atoms with Gasteiger partial charge in [0.2, 0.25) is 0 Å². The molecule has 0 aliphatic rings. The van der Waals surface area contributed by atoms with Gasteiger partial charge in [-0.1, -0.05) is 264 Å². The van der Waals surface area contributed by atoms with E-state index in [9.17, 15) is 14.4 Å². The van der Waals surface area contributed by atoms with Gasteiger partial charge in [-0.15, -0.1) is 0 Å². The minimum atomic E-state index is -0.830. The first-order valence-electron chi connectivity index (χ1n) is 26.2. The van der Waals surface area contributed by atoms with Crippen molar-refractivity contribution in [1.29, 1.82) is 0 Å². The summed E-state index contributed by atoms with van der Waals surface area (Å²) in [4.78, 5) is 38.0. The van der Waals surface area contributed by atoms with E-state index in [4.69, 9.17) is 14.2 Å². The van der Waals surface area contributed by atoms with Crippen molar-refractivity contribution in [2.75, 3.05) is 13.2 Å². The van der Waals surface area contributed by atoms with Crippen LogP contribution in [-0.2, 0) is 28.6 Å². The van der Waals surface area contributed by atoms with Crippen LogP contribution in [0.25, 0.3) is 0 Å². The van der Waals surface area contributed by atoms with Gasteiger partial charge in [0.05, 0.1) is 0 Å². The molecule has 1 atom stereocenters. The number of allylic oxidation sites excluding steroid dienone is 20. The van der Waals surface area contributed by atoms with Crippen LogP contribution in [0.1, 0.15) is 213 Å². The van der Waals surface area contributed by atoms with Crippen LogP contribution in [0.4, 0.5) is 0 Å². The maximum Gasteiger partial charge on any atom is 0.306 e. The van der Waals surface area contributed by atoms with Crippen molar-refractivity contribution < 1.29 is 28.6 Å². The van der Waals surface area contributed by atoms with Crippen molar-refractivity contribution >= 4 is 17.9 Å². The smallest absolute Gasteiger partial charge is 0.306 e. The molecule has 0 fully saturated rings. The average molecular weight is 899 g/mol. The zero-order valence-electron chi connectivity index (χ0n) is 41.7. The molecule has 0 saturated heterocycles. The summed E-state index contributed by atoms with van der Waals surface area (Å²) in [7, 11) is 0. The summed E-state index contributed by atoms with van der Waals surface area (Å²) in [5.41, 5.74) is 0. The van der Waals surface area contributed by atoms with Crippen molar-refractivity contribution in [3.8, 4) is 0 Å². The molecule has 0 spiro atoms. The lowest BCUT2D eigenvalue weighted by atomic mass is 10.0. The molecule has 0 rings (SSSR count). The summed E-state index contributed by atoms with van der Waals surface area (Å²) in [5, 5.41) is 0. The van der Waals surface area contributed by atoms with Crippen molar-refractivity contribution in [2.45, 2.75) is 219 Å². The van der Waals surface area contributed by atoms with E-state index in [0.29, 0.717) is 19.3 Å². The third kappa shape index (κ3) is 50.7. The lowest BCUT2D eigenvalue weighted by Gasteiger charge is -2.18. The number of unbranched alkanes of at least 4 members (excludes halogenated alkanes) is 22. The molecule has 0 radical (unpaired) electrons. The van der Waals surface area contributed by atoms with E-state index in [1.54, 1.807) is 0 Å². The van der Waals surface area contributed by atoms with Gasteiger partial charge in [0.1, 0.15) is 13.2 Å². The number of esters is 3. The maximum absolute atomic E-state index is 12.8. The van der Waals surface area contributed by atoms with Gasteiger partial charge in [-0.05, 0) is 51.4 Å². The Kier molecular flexibility index (Phi) is 49.1. The molecule has 0 saturated carbocycles. The Balaban J connectivity index is 4.50. The number of carbonyl (C=O) groups excluding carboxylic acids is 3. The Labute approximate surface area is 399 Å². The number of hydrogen-bond donors (Lipinski definition) is 0. The Bertz CT molecular complexity index is 1400. The molecule has 0 bridgehead atoms. The topological polar surface area (TPSA) is 78.9 Å². The normalized spacial score (nSPS) is 13.1. The average Bonchev–Trinajstić information content (AvgIpc) is 3.30. The van der Waals surface area contributed by atoms with Crippen LogP contribution in [0.15, 0.2) is 122 Å². The molecule has 0 aromatic rings. The highest BCUT2D eigenvalue weighted by atomic mass is 16.6. The molecule has 1 unspecified atom stereocenters. The number of ether oxygens (including phenoxy) is 3. The van der Waals surface area contributed by atoms with Gasteiger partial charge in [-0.2, -0.15) is 0 Å². The second-order valence-corrected chi connectivity index (χ2v) is 16.9. The second kappa shape index (κ2) is 52.4. The molecule has 0 aromatic heterocycles. The molecule has 0 amide bonds. The highest BCUT2D eigenvalue weighted by molar-refractivity contribution is 5.71. The predicted octanol–water partition coefficient (Wildman–Crippen LogP) is 17.3. The minimum Gasteiger partial charge on any atom is -0.462 e. The van der Waals surface area contributed by atoms with Crippen LogP contribution in [0, 0.1) is 0 Å². The Morgan fingerprint density at radius 3 is 1.00 bits per heavy atom. The van der Waals surface area contributed by atoms with Gasteiger partial charge in [0.15, 0.2) is 6.10 Å². The molecule has 6 nitrogen and oxygen atoms in total. The SMILES string of the molecule is CC\C=C/C=C\C=C/C=C\C=C/CCCCCC(=O)OC(COC(=O)CCC\C=C/C=C\C=C/C=C\C=C/CC)COC(=O)CCCCCCCCCCCCCCCCCCCCC. The summed E-state index contributed by atoms with van der Waals surface area (Å²) >= 11 is 0. The van der Waals surface area contributed by atoms with Crippen LogP contribution in [0.5, 0.6) is 0 Å². The first-order valence-corrected chi connectivity index (χ1v) is 26.2. The maximum atomic E-state index is 12.8. The van der Waals surface area contributed by atoms with Crippen molar-refractivity contribution in [2.24, 2.45) is 0 Å². The first-order chi connectivity index (χ1) is 32.0. The van der Waals surface area contributed by atoms with Gasteiger partial charge >= 0.3 is 17.9 Å². The van der Waals surface area contributed by atoms with Crippen LogP contribution < -0.4 is 0 Å². The zero-order valence-corrected chi connectivity index (χ0v) is 41.7. The molecular weight excluding hydrogens is 805 g/mol. The lowest BCUT2D eigenvalue weighted by molar-refractivity contribution is -0.167. The van der Waals surface area contributed by atoms with E-state index in [1.165, 1.54) is 103 Å². The first kappa shape index (κ1) is 60.8. The van der Waals surface area contributed by atoms with E-state index in [0.717, 1.165) is 57.8 Å².